The molecule has 0 N–H and O–H groups in total. The summed E-state index contributed by atoms with van der Waals surface area (Å²) in [6.07, 6.45) is 1.69. The molecule has 0 fully saturated rings. The van der Waals surface area contributed by atoms with Gasteiger partial charge in [-0.25, -0.2) is 0 Å². The van der Waals surface area contributed by atoms with Gasteiger partial charge in [-0.1, -0.05) is 15.9 Å². The van der Waals surface area contributed by atoms with Crippen LogP contribution in [0.2, 0.25) is 0 Å². The largest absolute Gasteiger partial charge is 0.355 e. The van der Waals surface area contributed by atoms with Gasteiger partial charge in [-0.15, -0.1) is 5.10 Å². The molecule has 0 saturated heterocycles. The van der Waals surface area contributed by atoms with Gasteiger partial charge in [0.05, 0.1) is 0 Å². The fraction of sp³-hybridized carbons (Fsp3) is 0.500. The zero-order valence-electron chi connectivity index (χ0n) is 7.07. The molecule has 12 heavy (non-hydrogen) atoms. The van der Waals surface area contributed by atoms with Crippen molar-refractivity contribution < 1.29 is 0 Å². The molecular weight excluding hydrogens is 218 g/mol. The lowest BCUT2D eigenvalue weighted by Crippen LogP contribution is -2.25. The highest BCUT2D eigenvalue weighted by Gasteiger charge is 2.02. The van der Waals surface area contributed by atoms with E-state index in [1.54, 1.807) is 6.20 Å². The summed E-state index contributed by atoms with van der Waals surface area (Å²) in [4.78, 5) is 2.17. The van der Waals surface area contributed by atoms with Crippen molar-refractivity contribution in [3.63, 3.8) is 0 Å². The first kappa shape index (κ1) is 9.45. The Kier molecular flexibility index (Phi) is 4.00. The first-order valence-electron chi connectivity index (χ1n) is 3.97. The predicted molar refractivity (Wildman–Crippen MR) is 53.7 cm³/mol. The number of hydrogen-bond acceptors (Lipinski definition) is 3. The van der Waals surface area contributed by atoms with Crippen molar-refractivity contribution in [2.75, 3.05) is 23.3 Å². The third kappa shape index (κ3) is 2.44. The molecule has 0 spiro atoms. The van der Waals surface area contributed by atoms with Crippen LogP contribution in [0.25, 0.3) is 0 Å². The normalized spacial score (nSPS) is 9.83. The molecule has 66 valence electrons. The van der Waals surface area contributed by atoms with Crippen molar-refractivity contribution in [2.24, 2.45) is 0 Å². The topological polar surface area (TPSA) is 29.0 Å². The summed E-state index contributed by atoms with van der Waals surface area (Å²) in [5.41, 5.74) is 0. The number of alkyl halides is 1. The van der Waals surface area contributed by atoms with Gasteiger partial charge < -0.3 is 4.90 Å². The van der Waals surface area contributed by atoms with Gasteiger partial charge >= 0.3 is 0 Å². The predicted octanol–water partition coefficient (Wildman–Crippen LogP) is 1.70. The van der Waals surface area contributed by atoms with E-state index in [4.69, 9.17) is 0 Å². The molecule has 0 aliphatic carbocycles. The lowest BCUT2D eigenvalue weighted by Gasteiger charge is -2.19. The van der Waals surface area contributed by atoms with E-state index in [1.807, 2.05) is 12.1 Å². The summed E-state index contributed by atoms with van der Waals surface area (Å²) < 4.78 is 0. The molecule has 0 aliphatic rings. The Morgan fingerprint density at radius 2 is 2.42 bits per heavy atom. The highest BCUT2D eigenvalue weighted by Crippen LogP contribution is 2.06. The molecule has 4 heteroatoms. The summed E-state index contributed by atoms with van der Waals surface area (Å²) in [5.74, 6) is 0.944. The first-order valence-corrected chi connectivity index (χ1v) is 5.09. The van der Waals surface area contributed by atoms with E-state index in [9.17, 15) is 0 Å². The van der Waals surface area contributed by atoms with Crippen molar-refractivity contribution in [3.8, 4) is 0 Å². The van der Waals surface area contributed by atoms with Crippen LogP contribution < -0.4 is 4.90 Å². The van der Waals surface area contributed by atoms with Gasteiger partial charge in [0.25, 0.3) is 0 Å². The molecule has 0 unspecified atom stereocenters. The molecule has 0 amide bonds. The van der Waals surface area contributed by atoms with Crippen LogP contribution in [-0.4, -0.2) is 28.6 Å². The molecule has 3 nitrogen and oxygen atoms in total. The van der Waals surface area contributed by atoms with Crippen LogP contribution in [0, 0.1) is 0 Å². The number of rotatable bonds is 4. The van der Waals surface area contributed by atoms with E-state index in [-0.39, 0.29) is 0 Å². The zero-order valence-corrected chi connectivity index (χ0v) is 8.66. The molecule has 1 rings (SSSR count). The monoisotopic (exact) mass is 229 g/mol. The van der Waals surface area contributed by atoms with Crippen molar-refractivity contribution in [1.29, 1.82) is 0 Å². The summed E-state index contributed by atoms with van der Waals surface area (Å²) in [5, 5.41) is 8.81. The number of hydrogen-bond donors (Lipinski definition) is 0. The van der Waals surface area contributed by atoms with E-state index in [0.717, 1.165) is 24.2 Å². The minimum atomic E-state index is 0.944. The van der Waals surface area contributed by atoms with Gasteiger partial charge in [-0.3, -0.25) is 0 Å². The van der Waals surface area contributed by atoms with E-state index in [2.05, 4.69) is 38.0 Å². The fourth-order valence-electron chi connectivity index (χ4n) is 0.999. The van der Waals surface area contributed by atoms with Gasteiger partial charge in [0.2, 0.25) is 0 Å². The quantitative estimate of drug-likeness (QED) is 0.737. The van der Waals surface area contributed by atoms with Crippen molar-refractivity contribution in [2.45, 2.75) is 6.92 Å². The summed E-state index contributed by atoms with van der Waals surface area (Å²) in [6.45, 7) is 4.04. The zero-order chi connectivity index (χ0) is 8.81. The van der Waals surface area contributed by atoms with Crippen molar-refractivity contribution in [3.05, 3.63) is 18.3 Å². The van der Waals surface area contributed by atoms with Gasteiger partial charge in [-0.2, -0.15) is 5.10 Å². The molecule has 0 saturated carbocycles. The van der Waals surface area contributed by atoms with Gasteiger partial charge in [0.1, 0.15) is 0 Å². The van der Waals surface area contributed by atoms with Crippen LogP contribution in [0.1, 0.15) is 6.92 Å². The molecule has 0 aliphatic heterocycles. The Bertz CT molecular complexity index is 215. The van der Waals surface area contributed by atoms with Crippen LogP contribution in [0.15, 0.2) is 18.3 Å². The first-order chi connectivity index (χ1) is 5.88. The Hall–Kier alpha value is -0.640. The molecule has 1 aromatic heterocycles. The van der Waals surface area contributed by atoms with Crippen LogP contribution in [0.4, 0.5) is 5.82 Å². The Morgan fingerprint density at radius 3 is 2.92 bits per heavy atom. The summed E-state index contributed by atoms with van der Waals surface area (Å²) >= 11 is 3.40. The molecule has 1 aromatic rings. The number of aromatic nitrogens is 2. The number of nitrogens with zero attached hydrogens (tertiary/aromatic N) is 3. The highest BCUT2D eigenvalue weighted by atomic mass is 79.9. The minimum absolute atomic E-state index is 0.944. The van der Waals surface area contributed by atoms with E-state index in [1.165, 1.54) is 0 Å². The molecule has 0 bridgehead atoms. The van der Waals surface area contributed by atoms with Crippen LogP contribution >= 0.6 is 15.9 Å². The second-order valence-electron chi connectivity index (χ2n) is 2.35. The Labute approximate surface area is 80.9 Å². The molecule has 1 heterocycles. The number of anilines is 1. The SMILES string of the molecule is CCN(CCBr)c1cccnn1. The van der Waals surface area contributed by atoms with E-state index < -0.39 is 0 Å². The summed E-state index contributed by atoms with van der Waals surface area (Å²) in [6, 6.07) is 3.87. The minimum Gasteiger partial charge on any atom is -0.355 e. The van der Waals surface area contributed by atoms with Crippen LogP contribution in [0.3, 0.4) is 0 Å². The molecule has 0 aromatic carbocycles. The standard InChI is InChI=1S/C8H12BrN3/c1-2-12(7-5-9)8-4-3-6-10-11-8/h3-4,6H,2,5,7H2,1H3. The third-order valence-corrected chi connectivity index (χ3v) is 1.97. The Balaban J connectivity index is 2.66. The lowest BCUT2D eigenvalue weighted by atomic mass is 10.4. The van der Waals surface area contributed by atoms with Crippen molar-refractivity contribution >= 4 is 21.7 Å². The van der Waals surface area contributed by atoms with Crippen molar-refractivity contribution in [1.82, 2.24) is 10.2 Å². The number of halogens is 1. The average Bonchev–Trinajstić information content (AvgIpc) is 2.15. The van der Waals surface area contributed by atoms with Crippen LogP contribution in [0.5, 0.6) is 0 Å². The second kappa shape index (κ2) is 5.09. The van der Waals surface area contributed by atoms with E-state index in [0.29, 0.717) is 0 Å². The lowest BCUT2D eigenvalue weighted by molar-refractivity contribution is 0.831. The Morgan fingerprint density at radius 1 is 1.58 bits per heavy atom. The van der Waals surface area contributed by atoms with Crippen LogP contribution in [-0.2, 0) is 0 Å². The maximum Gasteiger partial charge on any atom is 0.151 e. The highest BCUT2D eigenvalue weighted by molar-refractivity contribution is 9.09. The molecule has 0 atom stereocenters. The van der Waals surface area contributed by atoms with E-state index >= 15 is 0 Å². The smallest absolute Gasteiger partial charge is 0.151 e. The second-order valence-corrected chi connectivity index (χ2v) is 3.14. The van der Waals surface area contributed by atoms with Gasteiger partial charge in [0.15, 0.2) is 5.82 Å². The molecule has 0 radical (unpaired) electrons. The van der Waals surface area contributed by atoms with Gasteiger partial charge in [-0.05, 0) is 19.1 Å². The summed E-state index contributed by atoms with van der Waals surface area (Å²) in [7, 11) is 0. The third-order valence-electron chi connectivity index (χ3n) is 1.62. The average molecular weight is 230 g/mol. The molecular formula is C8H12BrN3. The fourth-order valence-corrected chi connectivity index (χ4v) is 1.43. The maximum absolute atomic E-state index is 4.02. The van der Waals surface area contributed by atoms with Gasteiger partial charge in [0, 0.05) is 24.6 Å². The maximum atomic E-state index is 4.02.